The molecule has 64 valence electrons. The third-order valence-corrected chi connectivity index (χ3v) is 1.70. The second kappa shape index (κ2) is 3.97. The van der Waals surface area contributed by atoms with Crippen molar-refractivity contribution in [1.82, 2.24) is 4.98 Å². The predicted octanol–water partition coefficient (Wildman–Crippen LogP) is 1.06. The lowest BCUT2D eigenvalue weighted by atomic mass is 10.1. The smallest absolute Gasteiger partial charge is 0.155 e. The Bertz CT molecular complexity index is 258. The summed E-state index contributed by atoms with van der Waals surface area (Å²) in [5.41, 5.74) is 6.28. The minimum absolute atomic E-state index is 0.0219. The molecule has 0 amide bonds. The molecule has 3 nitrogen and oxygen atoms in total. The zero-order chi connectivity index (χ0) is 8.97. The molecule has 0 saturated heterocycles. The van der Waals surface area contributed by atoms with Gasteiger partial charge in [-0.2, -0.15) is 0 Å². The van der Waals surface area contributed by atoms with Crippen LogP contribution in [-0.2, 0) is 4.79 Å². The Morgan fingerprint density at radius 3 is 2.92 bits per heavy atom. The Labute approximate surface area is 71.6 Å². The lowest BCUT2D eigenvalue weighted by Gasteiger charge is -2.07. The third-order valence-electron chi connectivity index (χ3n) is 1.70. The first-order chi connectivity index (χ1) is 5.75. The van der Waals surface area contributed by atoms with Crippen molar-refractivity contribution in [2.45, 2.75) is 19.4 Å². The summed E-state index contributed by atoms with van der Waals surface area (Å²) in [5.74, 6) is 0.0219. The topological polar surface area (TPSA) is 56.0 Å². The number of nitrogens with zero attached hydrogens (tertiary/aromatic N) is 1. The number of hydrogen-bond acceptors (Lipinski definition) is 3. The molecular formula is C9H12N2O. The first-order valence-corrected chi connectivity index (χ1v) is 3.95. The highest BCUT2D eigenvalue weighted by Crippen LogP contribution is 2.08. The number of hydrogen-bond donors (Lipinski definition) is 1. The van der Waals surface area contributed by atoms with E-state index in [-0.39, 0.29) is 5.78 Å². The SMILES string of the molecule is CCC(=O)C(N)c1ccccn1. The van der Waals surface area contributed by atoms with Crippen molar-refractivity contribution in [3.05, 3.63) is 30.1 Å². The molecule has 1 atom stereocenters. The molecule has 0 radical (unpaired) electrons. The highest BCUT2D eigenvalue weighted by atomic mass is 16.1. The monoisotopic (exact) mass is 164 g/mol. The Balaban J connectivity index is 2.78. The molecular weight excluding hydrogens is 152 g/mol. The van der Waals surface area contributed by atoms with Gasteiger partial charge in [0.2, 0.25) is 0 Å². The maximum atomic E-state index is 11.1. The van der Waals surface area contributed by atoms with Gasteiger partial charge in [-0.25, -0.2) is 0 Å². The summed E-state index contributed by atoms with van der Waals surface area (Å²) in [6.07, 6.45) is 2.09. The van der Waals surface area contributed by atoms with Gasteiger partial charge in [-0.1, -0.05) is 13.0 Å². The van der Waals surface area contributed by atoms with E-state index in [1.54, 1.807) is 25.3 Å². The van der Waals surface area contributed by atoms with Crippen LogP contribution in [0, 0.1) is 0 Å². The molecule has 1 aromatic heterocycles. The molecule has 1 heterocycles. The Hall–Kier alpha value is -1.22. The fourth-order valence-electron chi connectivity index (χ4n) is 0.945. The number of aromatic nitrogens is 1. The van der Waals surface area contributed by atoms with Crippen LogP contribution in [0.4, 0.5) is 0 Å². The van der Waals surface area contributed by atoms with Crippen molar-refractivity contribution in [2.75, 3.05) is 0 Å². The summed E-state index contributed by atoms with van der Waals surface area (Å²) >= 11 is 0. The van der Waals surface area contributed by atoms with Crippen LogP contribution in [0.15, 0.2) is 24.4 Å². The number of carbonyl (C=O) groups is 1. The van der Waals surface area contributed by atoms with Gasteiger partial charge in [0.15, 0.2) is 5.78 Å². The van der Waals surface area contributed by atoms with Crippen molar-refractivity contribution in [3.63, 3.8) is 0 Å². The van der Waals surface area contributed by atoms with Crippen LogP contribution in [0.5, 0.6) is 0 Å². The third kappa shape index (κ3) is 1.89. The second-order valence-corrected chi connectivity index (χ2v) is 2.55. The summed E-state index contributed by atoms with van der Waals surface area (Å²) in [5, 5.41) is 0. The van der Waals surface area contributed by atoms with E-state index in [1.807, 2.05) is 6.07 Å². The van der Waals surface area contributed by atoms with Crippen LogP contribution < -0.4 is 5.73 Å². The lowest BCUT2D eigenvalue weighted by molar-refractivity contribution is -0.120. The maximum absolute atomic E-state index is 11.1. The molecule has 12 heavy (non-hydrogen) atoms. The Kier molecular flexibility index (Phi) is 2.94. The van der Waals surface area contributed by atoms with Gasteiger partial charge >= 0.3 is 0 Å². The van der Waals surface area contributed by atoms with Crippen molar-refractivity contribution in [3.8, 4) is 0 Å². The second-order valence-electron chi connectivity index (χ2n) is 2.55. The van der Waals surface area contributed by atoms with Crippen LogP contribution >= 0.6 is 0 Å². The van der Waals surface area contributed by atoms with E-state index in [0.29, 0.717) is 12.1 Å². The molecule has 3 heteroatoms. The molecule has 0 saturated carbocycles. The van der Waals surface area contributed by atoms with Crippen LogP contribution in [0.25, 0.3) is 0 Å². The summed E-state index contributed by atoms with van der Waals surface area (Å²) in [6.45, 7) is 1.80. The number of Topliss-reactive ketones (excluding diaryl/α,β-unsaturated/α-hetero) is 1. The molecule has 0 fully saturated rings. The number of carbonyl (C=O) groups excluding carboxylic acids is 1. The van der Waals surface area contributed by atoms with Crippen LogP contribution in [0.1, 0.15) is 25.1 Å². The number of ketones is 1. The fraction of sp³-hybridized carbons (Fsp3) is 0.333. The molecule has 1 aromatic rings. The molecule has 0 aromatic carbocycles. The average molecular weight is 164 g/mol. The highest BCUT2D eigenvalue weighted by Gasteiger charge is 2.13. The summed E-state index contributed by atoms with van der Waals surface area (Å²) < 4.78 is 0. The van der Waals surface area contributed by atoms with E-state index in [2.05, 4.69) is 4.98 Å². The molecule has 2 N–H and O–H groups in total. The van der Waals surface area contributed by atoms with E-state index in [9.17, 15) is 4.79 Å². The minimum Gasteiger partial charge on any atom is -0.317 e. The summed E-state index contributed by atoms with van der Waals surface area (Å²) in [7, 11) is 0. The van der Waals surface area contributed by atoms with Gasteiger partial charge < -0.3 is 5.73 Å². The molecule has 1 unspecified atom stereocenters. The minimum atomic E-state index is -0.559. The van der Waals surface area contributed by atoms with Gasteiger partial charge in [-0.05, 0) is 12.1 Å². The zero-order valence-corrected chi connectivity index (χ0v) is 7.03. The maximum Gasteiger partial charge on any atom is 0.155 e. The quantitative estimate of drug-likeness (QED) is 0.726. The Morgan fingerprint density at radius 2 is 2.42 bits per heavy atom. The van der Waals surface area contributed by atoms with Crippen molar-refractivity contribution < 1.29 is 4.79 Å². The van der Waals surface area contributed by atoms with E-state index < -0.39 is 6.04 Å². The van der Waals surface area contributed by atoms with Crippen LogP contribution in [0.3, 0.4) is 0 Å². The lowest BCUT2D eigenvalue weighted by Crippen LogP contribution is -2.21. The standard InChI is InChI=1S/C9H12N2O/c1-2-8(12)9(10)7-5-3-4-6-11-7/h3-6,9H,2,10H2,1H3. The predicted molar refractivity (Wildman–Crippen MR) is 46.5 cm³/mol. The van der Waals surface area contributed by atoms with E-state index in [0.717, 1.165) is 0 Å². The number of pyridine rings is 1. The normalized spacial score (nSPS) is 12.5. The van der Waals surface area contributed by atoms with Crippen LogP contribution in [-0.4, -0.2) is 10.8 Å². The van der Waals surface area contributed by atoms with Crippen molar-refractivity contribution >= 4 is 5.78 Å². The number of nitrogens with two attached hydrogens (primary N) is 1. The van der Waals surface area contributed by atoms with Crippen molar-refractivity contribution in [1.29, 1.82) is 0 Å². The first kappa shape index (κ1) is 8.87. The highest BCUT2D eigenvalue weighted by molar-refractivity contribution is 5.84. The van der Waals surface area contributed by atoms with Gasteiger partial charge in [0.1, 0.15) is 6.04 Å². The zero-order valence-electron chi connectivity index (χ0n) is 7.03. The molecule has 0 spiro atoms. The van der Waals surface area contributed by atoms with E-state index in [1.165, 1.54) is 0 Å². The fourth-order valence-corrected chi connectivity index (χ4v) is 0.945. The van der Waals surface area contributed by atoms with Gasteiger partial charge in [0.25, 0.3) is 0 Å². The van der Waals surface area contributed by atoms with Gasteiger partial charge in [0, 0.05) is 12.6 Å². The molecule has 0 aliphatic carbocycles. The average Bonchev–Trinajstić information content (AvgIpc) is 2.17. The molecule has 0 aliphatic heterocycles. The van der Waals surface area contributed by atoms with Gasteiger partial charge in [-0.15, -0.1) is 0 Å². The van der Waals surface area contributed by atoms with E-state index >= 15 is 0 Å². The Morgan fingerprint density at radius 1 is 1.67 bits per heavy atom. The van der Waals surface area contributed by atoms with Gasteiger partial charge in [-0.3, -0.25) is 9.78 Å². The first-order valence-electron chi connectivity index (χ1n) is 3.95. The van der Waals surface area contributed by atoms with Gasteiger partial charge in [0.05, 0.1) is 5.69 Å². The van der Waals surface area contributed by atoms with Crippen LogP contribution in [0.2, 0.25) is 0 Å². The molecule has 0 aliphatic rings. The largest absolute Gasteiger partial charge is 0.317 e. The molecule has 1 rings (SSSR count). The van der Waals surface area contributed by atoms with E-state index in [4.69, 9.17) is 5.73 Å². The number of rotatable bonds is 3. The molecule has 0 bridgehead atoms. The van der Waals surface area contributed by atoms with Crippen molar-refractivity contribution in [2.24, 2.45) is 5.73 Å². The summed E-state index contributed by atoms with van der Waals surface area (Å²) in [6, 6.07) is 4.83. The summed E-state index contributed by atoms with van der Waals surface area (Å²) in [4.78, 5) is 15.1.